The van der Waals surface area contributed by atoms with Gasteiger partial charge in [0.05, 0.1) is 34.2 Å². The Labute approximate surface area is 334 Å². The van der Waals surface area contributed by atoms with Crippen molar-refractivity contribution in [2.45, 2.75) is 0 Å². The number of hydrazone groups is 2. The van der Waals surface area contributed by atoms with E-state index >= 15 is 0 Å². The van der Waals surface area contributed by atoms with Gasteiger partial charge >= 0.3 is 17.1 Å². The molecule has 0 aliphatic rings. The minimum atomic E-state index is -4.94. The average Bonchev–Trinajstić information content (AvgIpc) is 3.17. The Balaban J connectivity index is 0.000000254. The van der Waals surface area contributed by atoms with E-state index in [1.165, 1.54) is 0 Å². The van der Waals surface area contributed by atoms with Crippen molar-refractivity contribution in [1.82, 2.24) is 30.8 Å². The van der Waals surface area contributed by atoms with Crippen LogP contribution in [-0.2, 0) is 42.3 Å². The number of pyridine rings is 4. The average molecular weight is 820 g/mol. The van der Waals surface area contributed by atoms with Crippen LogP contribution in [0.15, 0.2) is 178 Å². The van der Waals surface area contributed by atoms with E-state index in [1.807, 2.05) is 133 Å². The largest absolute Gasteiger partial charge is 3.00 e. The minimum Gasteiger partial charge on any atom is -0.741 e. The van der Waals surface area contributed by atoms with Crippen LogP contribution in [0.2, 0.25) is 0 Å². The molecule has 1 radical (unpaired) electrons. The molecule has 6 rings (SSSR count). The summed E-state index contributed by atoms with van der Waals surface area (Å²) < 4.78 is 34.0. The number of aliphatic imine (C=N–C) groups is 2. The van der Waals surface area contributed by atoms with Gasteiger partial charge in [0.2, 0.25) is 0 Å². The van der Waals surface area contributed by atoms with Crippen molar-refractivity contribution in [2.24, 2.45) is 20.2 Å². The molecule has 2 aromatic carbocycles. The summed E-state index contributed by atoms with van der Waals surface area (Å²) in [5.41, 5.74) is 11.1. The molecule has 4 aromatic heterocycles. The monoisotopic (exact) mass is 819 g/mol. The molecule has 0 fully saturated rings. The predicted molar refractivity (Wildman–Crippen MR) is 196 cm³/mol. The summed E-state index contributed by atoms with van der Waals surface area (Å²) in [4.78, 5) is 25.9. The van der Waals surface area contributed by atoms with Crippen LogP contribution in [0, 0.1) is 10.2 Å². The quantitative estimate of drug-likeness (QED) is 0.0732. The van der Waals surface area contributed by atoms with Crippen molar-refractivity contribution in [3.8, 4) is 0 Å². The fourth-order valence-corrected chi connectivity index (χ4v) is 4.30. The summed E-state index contributed by atoms with van der Waals surface area (Å²) in [6.45, 7) is 0. The van der Waals surface area contributed by atoms with E-state index in [1.54, 1.807) is 24.8 Å². The molecule has 0 atom stereocenters. The van der Waals surface area contributed by atoms with E-state index in [4.69, 9.17) is 43.9 Å². The molecule has 0 saturated heterocycles. The Morgan fingerprint density at radius 2 is 0.704 bits per heavy atom. The maximum Gasteiger partial charge on any atom is 3.00 e. The van der Waals surface area contributed by atoms with Gasteiger partial charge < -0.3 is 25.3 Å². The van der Waals surface area contributed by atoms with E-state index in [0.717, 1.165) is 11.4 Å². The van der Waals surface area contributed by atoms with Gasteiger partial charge in [-0.3, -0.25) is 40.8 Å². The second-order valence-corrected chi connectivity index (χ2v) is 11.4. The van der Waals surface area contributed by atoms with Gasteiger partial charge in [-0.1, -0.05) is 60.7 Å². The van der Waals surface area contributed by atoms with Crippen molar-refractivity contribution in [1.29, 1.82) is 0 Å². The van der Waals surface area contributed by atoms with E-state index in [2.05, 4.69) is 51.0 Å². The number of amidine groups is 2. The van der Waals surface area contributed by atoms with Gasteiger partial charge in [-0.2, -0.15) is 10.2 Å². The molecule has 2 N–H and O–H groups in total. The van der Waals surface area contributed by atoms with Gasteiger partial charge in [-0.15, -0.1) is 10.2 Å². The van der Waals surface area contributed by atoms with Gasteiger partial charge in [0, 0.05) is 35.1 Å². The van der Waals surface area contributed by atoms with Gasteiger partial charge in [0.25, 0.3) is 0 Å². The van der Waals surface area contributed by atoms with Gasteiger partial charge in [0.1, 0.15) is 11.4 Å². The van der Waals surface area contributed by atoms with Gasteiger partial charge in [0.15, 0.2) is 0 Å². The van der Waals surface area contributed by atoms with Crippen molar-refractivity contribution in [3.63, 3.8) is 0 Å². The Morgan fingerprint density at radius 3 is 0.944 bits per heavy atom. The molecular formula is C36H28ClFeN10O4S2. The molecule has 4 heterocycles. The zero-order chi connectivity index (χ0) is 37.7. The number of hydrogen-bond donors (Lipinski definition) is 2. The second kappa shape index (κ2) is 23.2. The van der Waals surface area contributed by atoms with Crippen LogP contribution in [-0.4, -0.2) is 41.7 Å². The third kappa shape index (κ3) is 16.4. The number of benzene rings is 2. The molecule has 273 valence electrons. The summed E-state index contributed by atoms with van der Waals surface area (Å²) in [5, 5.41) is 9.27. The van der Waals surface area contributed by atoms with Crippen LogP contribution >= 0.6 is 0 Å². The maximum absolute atomic E-state index is 8.49. The fourth-order valence-electron chi connectivity index (χ4n) is 4.00. The smallest absolute Gasteiger partial charge is 0.741 e. The molecule has 0 aliphatic heterocycles. The summed E-state index contributed by atoms with van der Waals surface area (Å²) in [6, 6.07) is 41.4. The molecule has 0 saturated carbocycles. The number of nitrogens with one attached hydrogen (secondary N) is 2. The maximum atomic E-state index is 8.49. The Morgan fingerprint density at radius 1 is 0.444 bits per heavy atom. The molecule has 0 aliphatic carbocycles. The number of hydrogen-bond acceptors (Lipinski definition) is 14. The molecule has 54 heavy (non-hydrogen) atoms. The van der Waals surface area contributed by atoms with Crippen LogP contribution in [0.4, 0.5) is 11.4 Å². The van der Waals surface area contributed by atoms with Crippen LogP contribution in [0.1, 0.15) is 22.8 Å². The SMILES string of the molecule is [Fe+3].[O-][Cl+3]([O-])([O-])[O-].[S-]C(=Nc1ccccc1)NN=C(c1ccccn1)c1ccccn1.[S-]C(=Nc1ccccc1)NN=C(c1ccccn1)c1ccccn1. The number of nitrogens with zero attached hydrogens (tertiary/aromatic N) is 8. The minimum absolute atomic E-state index is 0. The summed E-state index contributed by atoms with van der Waals surface area (Å²) >= 11 is 10.5. The first-order valence-corrected chi connectivity index (χ1v) is 17.3. The molecule has 0 spiro atoms. The predicted octanol–water partition coefficient (Wildman–Crippen LogP) is 1.35. The van der Waals surface area contributed by atoms with Crippen molar-refractivity contribution in [3.05, 3.63) is 181 Å². The number of rotatable bonds is 8. The van der Waals surface area contributed by atoms with Crippen molar-refractivity contribution < 1.29 is 45.9 Å². The van der Waals surface area contributed by atoms with Crippen molar-refractivity contribution in [2.75, 3.05) is 0 Å². The van der Waals surface area contributed by atoms with Crippen molar-refractivity contribution >= 4 is 58.4 Å². The molecule has 0 bridgehead atoms. The standard InChI is InChI=1S/2C18H15N5S.ClHO4.Fe/c2*24-18(21-14-8-2-1-3-9-14)23-22-17(15-10-4-6-12-19-15)16-11-5-7-13-20-16;2-1(3,4)5;/h2*1-13H,(H2,21,23,24);(H,2,3,4,5);/q;;;+3/p-3. The molecule has 14 nitrogen and oxygen atoms in total. The van der Waals surface area contributed by atoms with Gasteiger partial charge in [-0.05, 0) is 72.8 Å². The van der Waals surface area contributed by atoms with Crippen LogP contribution in [0.3, 0.4) is 0 Å². The summed E-state index contributed by atoms with van der Waals surface area (Å²) in [6.07, 6.45) is 6.84. The Hall–Kier alpha value is -5.59. The zero-order valence-corrected chi connectivity index (χ0v) is 31.3. The molecule has 0 amide bonds. The van der Waals surface area contributed by atoms with Crippen LogP contribution in [0.25, 0.3) is 0 Å². The molecule has 0 unspecified atom stereocenters. The van der Waals surface area contributed by atoms with E-state index in [-0.39, 0.29) is 27.4 Å². The Kier molecular flexibility index (Phi) is 18.4. The van der Waals surface area contributed by atoms with Crippen LogP contribution in [0.5, 0.6) is 0 Å². The Bertz CT molecular complexity index is 1850. The first-order valence-electron chi connectivity index (χ1n) is 15.2. The topological polar surface area (TPSA) is 217 Å². The molecule has 18 heteroatoms. The molecule has 6 aromatic rings. The number of halogens is 1. The number of aromatic nitrogens is 4. The second-order valence-electron chi connectivity index (χ2n) is 9.89. The third-order valence-electron chi connectivity index (χ3n) is 6.13. The zero-order valence-electron chi connectivity index (χ0n) is 27.8. The third-order valence-corrected chi connectivity index (χ3v) is 6.50. The normalized spacial score (nSPS) is 10.8. The van der Waals surface area contributed by atoms with Crippen LogP contribution < -0.4 is 29.5 Å². The van der Waals surface area contributed by atoms with Gasteiger partial charge in [-0.25, -0.2) is 18.6 Å². The summed E-state index contributed by atoms with van der Waals surface area (Å²) in [7, 11) is -4.94. The molecular weight excluding hydrogens is 792 g/mol. The first kappa shape index (κ1) is 42.8. The van der Waals surface area contributed by atoms with E-state index in [0.29, 0.717) is 34.2 Å². The number of para-hydroxylation sites is 2. The van der Waals surface area contributed by atoms with E-state index in [9.17, 15) is 0 Å². The summed E-state index contributed by atoms with van der Waals surface area (Å²) in [5.74, 6) is 0. The fraction of sp³-hybridized carbons (Fsp3) is 0. The first-order chi connectivity index (χ1) is 25.7. The van der Waals surface area contributed by atoms with E-state index < -0.39 is 10.2 Å².